The molecule has 15 heavy (non-hydrogen) atoms. The van der Waals surface area contributed by atoms with E-state index in [4.69, 9.17) is 10.5 Å². The number of sulfone groups is 1. The summed E-state index contributed by atoms with van der Waals surface area (Å²) in [6.45, 7) is 3.14. The molecule has 0 aromatic rings. The predicted molar refractivity (Wildman–Crippen MR) is 55.9 cm³/mol. The molecule has 0 bridgehead atoms. The van der Waals surface area contributed by atoms with E-state index in [1.165, 1.54) is 6.20 Å². The average molecular weight is 231 g/mol. The van der Waals surface area contributed by atoms with E-state index in [9.17, 15) is 8.42 Å². The quantitative estimate of drug-likeness (QED) is 0.652. The van der Waals surface area contributed by atoms with Crippen LogP contribution >= 0.6 is 0 Å². The predicted octanol–water partition coefficient (Wildman–Crippen LogP) is -1.10. The van der Waals surface area contributed by atoms with Crippen LogP contribution in [0, 0.1) is 0 Å². The number of nitrogens with two attached hydrogens (primary N) is 1. The summed E-state index contributed by atoms with van der Waals surface area (Å²) < 4.78 is 28.3. The van der Waals surface area contributed by atoms with Crippen molar-refractivity contribution in [3.05, 3.63) is 11.1 Å². The molecule has 2 heterocycles. The van der Waals surface area contributed by atoms with Crippen molar-refractivity contribution >= 4 is 15.0 Å². The van der Waals surface area contributed by atoms with Crippen molar-refractivity contribution in [1.29, 1.82) is 0 Å². The molecule has 2 N–H and O–H groups in total. The van der Waals surface area contributed by atoms with E-state index in [1.807, 2.05) is 4.90 Å². The molecule has 84 valence electrons. The Balaban J connectivity index is 2.02. The standard InChI is InChI=1S/C8H13N3O3S/c9-8-10-5-7(15(8,12)13)6-11-1-3-14-4-2-11/h5H,1-4,6H2,(H2,9,10). The van der Waals surface area contributed by atoms with E-state index < -0.39 is 9.84 Å². The average Bonchev–Trinajstić information content (AvgIpc) is 2.47. The fraction of sp³-hybridized carbons (Fsp3) is 0.625. The van der Waals surface area contributed by atoms with Gasteiger partial charge in [-0.05, 0) is 0 Å². The third-order valence-corrected chi connectivity index (χ3v) is 4.02. The molecule has 1 fully saturated rings. The van der Waals surface area contributed by atoms with Gasteiger partial charge in [0.05, 0.1) is 18.1 Å². The molecule has 0 aromatic carbocycles. The summed E-state index contributed by atoms with van der Waals surface area (Å²) in [5.74, 6) is 0. The zero-order valence-corrected chi connectivity index (χ0v) is 9.03. The van der Waals surface area contributed by atoms with Gasteiger partial charge in [-0.3, -0.25) is 4.90 Å². The molecule has 0 amide bonds. The first-order chi connectivity index (χ1) is 7.10. The Bertz CT molecular complexity index is 407. The van der Waals surface area contributed by atoms with Crippen LogP contribution in [0.25, 0.3) is 0 Å². The monoisotopic (exact) mass is 231 g/mol. The molecule has 0 saturated carbocycles. The molecule has 0 atom stereocenters. The topological polar surface area (TPSA) is 85.0 Å². The zero-order valence-electron chi connectivity index (χ0n) is 8.22. The maximum absolute atomic E-state index is 11.6. The van der Waals surface area contributed by atoms with Gasteiger partial charge < -0.3 is 10.5 Å². The van der Waals surface area contributed by atoms with Gasteiger partial charge in [0.15, 0.2) is 0 Å². The molecular formula is C8H13N3O3S. The van der Waals surface area contributed by atoms with E-state index in [2.05, 4.69) is 4.99 Å². The van der Waals surface area contributed by atoms with Crippen LogP contribution in [0.15, 0.2) is 16.1 Å². The minimum atomic E-state index is -3.46. The molecule has 2 aliphatic heterocycles. The minimum absolute atomic E-state index is 0.280. The Morgan fingerprint density at radius 3 is 2.67 bits per heavy atom. The van der Waals surface area contributed by atoms with Crippen molar-refractivity contribution in [1.82, 2.24) is 4.90 Å². The molecule has 2 aliphatic rings. The third kappa shape index (κ3) is 2.04. The van der Waals surface area contributed by atoms with Gasteiger partial charge in [0, 0.05) is 25.8 Å². The lowest BCUT2D eigenvalue weighted by atomic mass is 10.4. The van der Waals surface area contributed by atoms with E-state index in [0.717, 1.165) is 13.1 Å². The Morgan fingerprint density at radius 1 is 1.47 bits per heavy atom. The van der Waals surface area contributed by atoms with Gasteiger partial charge in [-0.1, -0.05) is 0 Å². The Morgan fingerprint density at radius 2 is 2.13 bits per heavy atom. The van der Waals surface area contributed by atoms with Gasteiger partial charge in [0.25, 0.3) is 0 Å². The molecule has 0 radical (unpaired) electrons. The number of aliphatic imine (C=N–C) groups is 1. The summed E-state index contributed by atoms with van der Waals surface area (Å²) in [7, 11) is -3.46. The van der Waals surface area contributed by atoms with Crippen molar-refractivity contribution < 1.29 is 13.2 Å². The summed E-state index contributed by atoms with van der Waals surface area (Å²) in [5, 5.41) is -0.300. The van der Waals surface area contributed by atoms with Crippen molar-refractivity contribution in [2.24, 2.45) is 10.7 Å². The highest BCUT2D eigenvalue weighted by molar-refractivity contribution is 8.09. The molecule has 2 rings (SSSR count). The van der Waals surface area contributed by atoms with Gasteiger partial charge in [-0.25, -0.2) is 13.4 Å². The smallest absolute Gasteiger partial charge is 0.238 e. The number of hydrogen-bond donors (Lipinski definition) is 1. The fourth-order valence-electron chi connectivity index (χ4n) is 1.51. The summed E-state index contributed by atoms with van der Waals surface area (Å²) in [6.07, 6.45) is 1.33. The largest absolute Gasteiger partial charge is 0.379 e. The Labute approximate surface area is 88.3 Å². The minimum Gasteiger partial charge on any atom is -0.379 e. The number of nitrogens with zero attached hydrogens (tertiary/aromatic N) is 2. The van der Waals surface area contributed by atoms with Crippen LogP contribution in [-0.2, 0) is 14.6 Å². The second-order valence-electron chi connectivity index (χ2n) is 3.45. The highest BCUT2D eigenvalue weighted by atomic mass is 32.2. The maximum Gasteiger partial charge on any atom is 0.238 e. The van der Waals surface area contributed by atoms with Crippen LogP contribution in [0.2, 0.25) is 0 Å². The Kier molecular flexibility index (Phi) is 2.76. The van der Waals surface area contributed by atoms with Crippen molar-refractivity contribution in [2.45, 2.75) is 0 Å². The van der Waals surface area contributed by atoms with Crippen LogP contribution < -0.4 is 5.73 Å². The summed E-state index contributed by atoms with van der Waals surface area (Å²) in [4.78, 5) is 5.92. The highest BCUT2D eigenvalue weighted by Gasteiger charge is 2.28. The number of ether oxygens (including phenoxy) is 1. The summed E-state index contributed by atoms with van der Waals surface area (Å²) >= 11 is 0. The van der Waals surface area contributed by atoms with Gasteiger partial charge in [-0.15, -0.1) is 0 Å². The van der Waals surface area contributed by atoms with Gasteiger partial charge in [0.2, 0.25) is 15.0 Å². The molecular weight excluding hydrogens is 218 g/mol. The van der Waals surface area contributed by atoms with Crippen molar-refractivity contribution in [3.63, 3.8) is 0 Å². The normalized spacial score (nSPS) is 26.1. The fourth-order valence-corrected chi connectivity index (χ4v) is 2.52. The highest BCUT2D eigenvalue weighted by Crippen LogP contribution is 2.16. The van der Waals surface area contributed by atoms with Crippen molar-refractivity contribution in [3.8, 4) is 0 Å². The number of rotatable bonds is 2. The first-order valence-electron chi connectivity index (χ1n) is 4.68. The van der Waals surface area contributed by atoms with Crippen LogP contribution in [0.4, 0.5) is 0 Å². The lowest BCUT2D eigenvalue weighted by Gasteiger charge is -2.26. The lowest BCUT2D eigenvalue weighted by Crippen LogP contribution is -2.39. The van der Waals surface area contributed by atoms with Crippen LogP contribution in [0.3, 0.4) is 0 Å². The van der Waals surface area contributed by atoms with Crippen LogP contribution in [0.1, 0.15) is 0 Å². The third-order valence-electron chi connectivity index (χ3n) is 2.44. The second-order valence-corrected chi connectivity index (χ2v) is 5.40. The lowest BCUT2D eigenvalue weighted by molar-refractivity contribution is 0.0430. The molecule has 0 spiro atoms. The van der Waals surface area contributed by atoms with E-state index >= 15 is 0 Å². The molecule has 1 saturated heterocycles. The molecule has 0 unspecified atom stereocenters. The van der Waals surface area contributed by atoms with E-state index in [-0.39, 0.29) is 10.1 Å². The summed E-state index contributed by atoms with van der Waals surface area (Å²) in [6, 6.07) is 0. The molecule has 7 heteroatoms. The number of morpholine rings is 1. The van der Waals surface area contributed by atoms with E-state index in [0.29, 0.717) is 19.8 Å². The second kappa shape index (κ2) is 3.92. The van der Waals surface area contributed by atoms with Crippen molar-refractivity contribution in [2.75, 3.05) is 32.8 Å². The number of hydrogen-bond acceptors (Lipinski definition) is 6. The molecule has 0 aliphatic carbocycles. The SMILES string of the molecule is NC1=NC=C(CN2CCOCC2)S1(=O)=O. The first kappa shape index (κ1) is 10.6. The summed E-state index contributed by atoms with van der Waals surface area (Å²) in [5.41, 5.74) is 5.27. The van der Waals surface area contributed by atoms with Gasteiger partial charge in [-0.2, -0.15) is 0 Å². The van der Waals surface area contributed by atoms with E-state index in [1.54, 1.807) is 0 Å². The molecule has 0 aromatic heterocycles. The van der Waals surface area contributed by atoms with Crippen LogP contribution in [0.5, 0.6) is 0 Å². The molecule has 6 nitrogen and oxygen atoms in total. The zero-order chi connectivity index (χ0) is 10.9. The first-order valence-corrected chi connectivity index (χ1v) is 6.16. The maximum atomic E-state index is 11.6. The van der Waals surface area contributed by atoms with Gasteiger partial charge in [0.1, 0.15) is 0 Å². The van der Waals surface area contributed by atoms with Crippen LogP contribution in [-0.4, -0.2) is 51.3 Å². The number of amidine groups is 1. The van der Waals surface area contributed by atoms with Gasteiger partial charge >= 0.3 is 0 Å². The Hall–Kier alpha value is -0.920.